The molecule has 0 radical (unpaired) electrons. The number of aromatic nitrogens is 3. The van der Waals surface area contributed by atoms with Gasteiger partial charge in [-0.2, -0.15) is 16.7 Å². The van der Waals surface area contributed by atoms with Crippen molar-refractivity contribution in [2.45, 2.75) is 12.0 Å². The maximum atomic E-state index is 9.91. The summed E-state index contributed by atoms with van der Waals surface area (Å²) in [6, 6.07) is 9.78. The third kappa shape index (κ3) is 2.30. The normalized spacial score (nSPS) is 22.0. The monoisotopic (exact) mass is 299 g/mol. The van der Waals surface area contributed by atoms with Crippen LogP contribution in [0.2, 0.25) is 0 Å². The molecule has 1 aliphatic rings. The molecule has 1 fully saturated rings. The van der Waals surface area contributed by atoms with Gasteiger partial charge in [0.2, 0.25) is 11.7 Å². The third-order valence-corrected chi connectivity index (χ3v) is 4.84. The van der Waals surface area contributed by atoms with Crippen LogP contribution in [0.3, 0.4) is 0 Å². The summed E-state index contributed by atoms with van der Waals surface area (Å²) in [6.45, 7) is 0. The first-order valence-corrected chi connectivity index (χ1v) is 7.91. The molecule has 0 bridgehead atoms. The molecule has 2 atom stereocenters. The molecular formula is C15H13N3O2S. The summed E-state index contributed by atoms with van der Waals surface area (Å²) in [5.41, 5.74) is 1.83. The predicted molar refractivity (Wildman–Crippen MR) is 81.1 cm³/mol. The molecule has 0 spiro atoms. The largest absolute Gasteiger partial charge is 0.391 e. The van der Waals surface area contributed by atoms with Gasteiger partial charge in [-0.05, 0) is 24.3 Å². The van der Waals surface area contributed by atoms with Crippen molar-refractivity contribution in [1.82, 2.24) is 15.1 Å². The zero-order valence-electron chi connectivity index (χ0n) is 11.1. The average molecular weight is 299 g/mol. The van der Waals surface area contributed by atoms with Crippen LogP contribution in [0.4, 0.5) is 0 Å². The molecule has 1 aliphatic heterocycles. The Morgan fingerprint density at radius 3 is 3.05 bits per heavy atom. The first-order valence-electron chi connectivity index (χ1n) is 6.76. The fourth-order valence-electron chi connectivity index (χ4n) is 2.50. The molecule has 0 aliphatic carbocycles. The van der Waals surface area contributed by atoms with E-state index in [4.69, 9.17) is 4.52 Å². The van der Waals surface area contributed by atoms with Crippen molar-refractivity contribution in [3.63, 3.8) is 0 Å². The highest BCUT2D eigenvalue weighted by Crippen LogP contribution is 2.33. The van der Waals surface area contributed by atoms with Crippen molar-refractivity contribution in [1.29, 1.82) is 0 Å². The highest BCUT2D eigenvalue weighted by Gasteiger charge is 2.32. The summed E-state index contributed by atoms with van der Waals surface area (Å²) in [5.74, 6) is 2.57. The van der Waals surface area contributed by atoms with Gasteiger partial charge < -0.3 is 9.63 Å². The molecule has 1 aromatic carbocycles. The number of fused-ring (bicyclic) bond motifs is 1. The maximum absolute atomic E-state index is 9.91. The van der Waals surface area contributed by atoms with E-state index in [9.17, 15) is 5.11 Å². The van der Waals surface area contributed by atoms with Crippen molar-refractivity contribution >= 4 is 22.7 Å². The SMILES string of the molecule is OC1CSCC1c1nc(-c2ccc3ncccc3c2)no1. The van der Waals surface area contributed by atoms with E-state index < -0.39 is 6.10 Å². The van der Waals surface area contributed by atoms with Crippen molar-refractivity contribution in [2.75, 3.05) is 11.5 Å². The van der Waals surface area contributed by atoms with Gasteiger partial charge in [0.25, 0.3) is 0 Å². The number of aliphatic hydroxyl groups excluding tert-OH is 1. The second kappa shape index (κ2) is 5.13. The van der Waals surface area contributed by atoms with Crippen molar-refractivity contribution in [3.05, 3.63) is 42.4 Å². The third-order valence-electron chi connectivity index (χ3n) is 3.67. The standard InChI is InChI=1S/C15H13N3O2S/c19-13-8-21-7-11(13)15-17-14(18-20-15)10-3-4-12-9(6-10)2-1-5-16-12/h1-6,11,13,19H,7-8H2. The zero-order valence-corrected chi connectivity index (χ0v) is 12.0. The number of hydrogen-bond acceptors (Lipinski definition) is 6. The molecule has 1 saturated heterocycles. The van der Waals surface area contributed by atoms with Gasteiger partial charge in [0, 0.05) is 28.7 Å². The topological polar surface area (TPSA) is 72.0 Å². The van der Waals surface area contributed by atoms with Gasteiger partial charge in [-0.15, -0.1) is 0 Å². The smallest absolute Gasteiger partial charge is 0.233 e. The Labute approximate surface area is 125 Å². The fraction of sp³-hybridized carbons (Fsp3) is 0.267. The predicted octanol–water partition coefficient (Wildman–Crippen LogP) is 2.48. The van der Waals surface area contributed by atoms with Crippen LogP contribution in [-0.2, 0) is 0 Å². The van der Waals surface area contributed by atoms with Crippen molar-refractivity contribution in [2.24, 2.45) is 0 Å². The Balaban J connectivity index is 1.70. The molecule has 2 unspecified atom stereocenters. The Morgan fingerprint density at radius 1 is 1.24 bits per heavy atom. The highest BCUT2D eigenvalue weighted by molar-refractivity contribution is 7.99. The minimum atomic E-state index is -0.399. The van der Waals surface area contributed by atoms with Crippen molar-refractivity contribution in [3.8, 4) is 11.4 Å². The number of aliphatic hydroxyl groups is 1. The van der Waals surface area contributed by atoms with E-state index in [1.165, 1.54) is 0 Å². The van der Waals surface area contributed by atoms with Crippen LogP contribution in [0.25, 0.3) is 22.3 Å². The molecule has 0 amide bonds. The van der Waals surface area contributed by atoms with Crippen LogP contribution in [0.5, 0.6) is 0 Å². The van der Waals surface area contributed by atoms with Gasteiger partial charge in [0.05, 0.1) is 17.5 Å². The second-order valence-electron chi connectivity index (χ2n) is 5.08. The zero-order chi connectivity index (χ0) is 14.2. The summed E-state index contributed by atoms with van der Waals surface area (Å²) in [7, 11) is 0. The molecular weight excluding hydrogens is 286 g/mol. The van der Waals surface area contributed by atoms with Gasteiger partial charge in [-0.25, -0.2) is 0 Å². The number of pyridine rings is 1. The molecule has 3 heterocycles. The maximum Gasteiger partial charge on any atom is 0.233 e. The van der Waals surface area contributed by atoms with Crippen LogP contribution in [-0.4, -0.2) is 37.8 Å². The Hall–Kier alpha value is -1.92. The van der Waals surface area contributed by atoms with Crippen LogP contribution < -0.4 is 0 Å². The van der Waals surface area contributed by atoms with Gasteiger partial charge in [-0.3, -0.25) is 4.98 Å². The molecule has 5 nitrogen and oxygen atoms in total. The first-order chi connectivity index (χ1) is 10.3. The number of hydrogen-bond donors (Lipinski definition) is 1. The molecule has 2 aromatic heterocycles. The number of thioether (sulfide) groups is 1. The molecule has 4 rings (SSSR count). The lowest BCUT2D eigenvalue weighted by Gasteiger charge is -2.06. The van der Waals surface area contributed by atoms with Gasteiger partial charge in [-0.1, -0.05) is 11.2 Å². The number of benzene rings is 1. The van der Waals surface area contributed by atoms with E-state index in [1.807, 2.05) is 30.3 Å². The average Bonchev–Trinajstić information content (AvgIpc) is 3.15. The Kier molecular flexibility index (Phi) is 3.12. The molecule has 1 N–H and O–H groups in total. The van der Waals surface area contributed by atoms with Crippen LogP contribution in [0.1, 0.15) is 11.8 Å². The van der Waals surface area contributed by atoms with Gasteiger partial charge in [0.15, 0.2) is 0 Å². The Bertz CT molecular complexity index is 789. The van der Waals surface area contributed by atoms with E-state index >= 15 is 0 Å². The summed E-state index contributed by atoms with van der Waals surface area (Å²) in [6.07, 6.45) is 1.37. The first kappa shape index (κ1) is 12.8. The number of nitrogens with zero attached hydrogens (tertiary/aromatic N) is 3. The summed E-state index contributed by atoms with van der Waals surface area (Å²) in [5, 5.41) is 15.0. The quantitative estimate of drug-likeness (QED) is 0.784. The Morgan fingerprint density at radius 2 is 2.19 bits per heavy atom. The van der Waals surface area contributed by atoms with E-state index in [-0.39, 0.29) is 5.92 Å². The molecule has 0 saturated carbocycles. The van der Waals surface area contributed by atoms with Gasteiger partial charge in [0.1, 0.15) is 0 Å². The second-order valence-corrected chi connectivity index (χ2v) is 6.15. The van der Waals surface area contributed by atoms with Crippen molar-refractivity contribution < 1.29 is 9.63 Å². The van der Waals surface area contributed by atoms with Crippen LogP contribution in [0.15, 0.2) is 41.1 Å². The molecule has 106 valence electrons. The van der Waals surface area contributed by atoms with Gasteiger partial charge >= 0.3 is 0 Å². The summed E-state index contributed by atoms with van der Waals surface area (Å²) in [4.78, 5) is 8.74. The lowest BCUT2D eigenvalue weighted by atomic mass is 10.1. The van der Waals surface area contributed by atoms with Crippen LogP contribution in [0, 0.1) is 0 Å². The summed E-state index contributed by atoms with van der Waals surface area (Å²) < 4.78 is 5.34. The van der Waals surface area contributed by atoms with Crippen LogP contribution >= 0.6 is 11.8 Å². The number of rotatable bonds is 2. The molecule has 6 heteroatoms. The fourth-order valence-corrected chi connectivity index (χ4v) is 3.73. The highest BCUT2D eigenvalue weighted by atomic mass is 32.2. The van der Waals surface area contributed by atoms with E-state index in [2.05, 4.69) is 15.1 Å². The lowest BCUT2D eigenvalue weighted by Crippen LogP contribution is -2.15. The minimum absolute atomic E-state index is 0.0571. The minimum Gasteiger partial charge on any atom is -0.391 e. The van der Waals surface area contributed by atoms with E-state index in [0.29, 0.717) is 11.7 Å². The molecule has 3 aromatic rings. The van der Waals surface area contributed by atoms with E-state index in [0.717, 1.165) is 28.0 Å². The summed E-state index contributed by atoms with van der Waals surface area (Å²) >= 11 is 1.71. The lowest BCUT2D eigenvalue weighted by molar-refractivity contribution is 0.164. The molecule has 21 heavy (non-hydrogen) atoms. The van der Waals surface area contributed by atoms with E-state index in [1.54, 1.807) is 18.0 Å².